The van der Waals surface area contributed by atoms with Crippen molar-refractivity contribution >= 4 is 22.8 Å². The predicted octanol–water partition coefficient (Wildman–Crippen LogP) is 1.67. The van der Waals surface area contributed by atoms with Gasteiger partial charge in [-0.2, -0.15) is 0 Å². The number of aromatic nitrogens is 1. The Hall–Kier alpha value is -2.10. The molecule has 4 heteroatoms. The largest absolute Gasteiger partial charge is 0.334 e. The van der Waals surface area contributed by atoms with Gasteiger partial charge in [0.15, 0.2) is 0 Å². The number of nitrogens with zero attached hydrogens (tertiary/aromatic N) is 1. The highest BCUT2D eigenvalue weighted by molar-refractivity contribution is 5.93. The Labute approximate surface area is 86.3 Å². The Kier molecular flexibility index (Phi) is 1.62. The summed E-state index contributed by atoms with van der Waals surface area (Å²) >= 11 is 0. The third-order valence-corrected chi connectivity index (χ3v) is 2.41. The second kappa shape index (κ2) is 2.95. The quantitative estimate of drug-likeness (QED) is 0.676. The number of hydrogen-bond donors (Lipinski definition) is 2. The van der Waals surface area contributed by atoms with Crippen LogP contribution in [0.3, 0.4) is 0 Å². The van der Waals surface area contributed by atoms with E-state index in [1.165, 1.54) is 0 Å². The molecule has 15 heavy (non-hydrogen) atoms. The molecule has 1 aliphatic rings. The van der Waals surface area contributed by atoms with E-state index >= 15 is 0 Å². The van der Waals surface area contributed by atoms with Gasteiger partial charge >= 0.3 is 6.03 Å². The lowest BCUT2D eigenvalue weighted by molar-refractivity contribution is 0.250. The summed E-state index contributed by atoms with van der Waals surface area (Å²) in [4.78, 5) is 15.5. The molecule has 0 saturated carbocycles. The zero-order valence-electron chi connectivity index (χ0n) is 7.87. The molecule has 2 aromatic rings. The van der Waals surface area contributed by atoms with Gasteiger partial charge in [-0.1, -0.05) is 12.1 Å². The predicted molar refractivity (Wildman–Crippen MR) is 56.4 cm³/mol. The Balaban J connectivity index is 2.24. The first-order valence-electron chi connectivity index (χ1n) is 4.67. The first-order valence-corrected chi connectivity index (χ1v) is 4.67. The van der Waals surface area contributed by atoms with Gasteiger partial charge in [0.05, 0.1) is 5.52 Å². The van der Waals surface area contributed by atoms with E-state index in [1.807, 2.05) is 24.3 Å². The van der Waals surface area contributed by atoms with Crippen molar-refractivity contribution in [3.63, 3.8) is 0 Å². The van der Waals surface area contributed by atoms with Crippen LogP contribution in [0.15, 0.2) is 24.3 Å². The number of nitrogens with one attached hydrogen (secondary N) is 2. The number of anilines is 1. The third kappa shape index (κ3) is 1.30. The molecule has 2 amide bonds. The highest BCUT2D eigenvalue weighted by Crippen LogP contribution is 2.21. The van der Waals surface area contributed by atoms with Gasteiger partial charge in [-0.3, -0.25) is 5.32 Å². The van der Waals surface area contributed by atoms with E-state index in [4.69, 9.17) is 0 Å². The van der Waals surface area contributed by atoms with Crippen molar-refractivity contribution in [1.82, 2.24) is 10.3 Å². The maximum atomic E-state index is 11.1. The van der Waals surface area contributed by atoms with Crippen molar-refractivity contribution in [2.75, 3.05) is 5.32 Å². The van der Waals surface area contributed by atoms with Gasteiger partial charge in [0.2, 0.25) is 0 Å². The summed E-state index contributed by atoms with van der Waals surface area (Å²) in [5.74, 6) is 0.644. The second-order valence-electron chi connectivity index (χ2n) is 3.42. The number of rotatable bonds is 0. The molecule has 3 rings (SSSR count). The van der Waals surface area contributed by atoms with E-state index in [-0.39, 0.29) is 6.03 Å². The van der Waals surface area contributed by atoms with Crippen LogP contribution in [-0.2, 0) is 6.54 Å². The number of pyridine rings is 1. The molecular formula is C11H8N3O. The molecule has 0 saturated heterocycles. The SMILES string of the molecule is O=C1NCc2cc3cc[c]cc3nc2N1. The van der Waals surface area contributed by atoms with Crippen LogP contribution in [0.1, 0.15) is 5.56 Å². The molecule has 0 fully saturated rings. The molecule has 4 nitrogen and oxygen atoms in total. The van der Waals surface area contributed by atoms with Crippen LogP contribution >= 0.6 is 0 Å². The summed E-state index contributed by atoms with van der Waals surface area (Å²) in [5.41, 5.74) is 1.85. The summed E-state index contributed by atoms with van der Waals surface area (Å²) < 4.78 is 0. The average molecular weight is 198 g/mol. The van der Waals surface area contributed by atoms with E-state index in [0.29, 0.717) is 12.4 Å². The van der Waals surface area contributed by atoms with Crippen molar-refractivity contribution in [2.45, 2.75) is 6.54 Å². The van der Waals surface area contributed by atoms with Gasteiger partial charge in [0.25, 0.3) is 0 Å². The maximum Gasteiger partial charge on any atom is 0.320 e. The summed E-state index contributed by atoms with van der Waals surface area (Å²) in [6.45, 7) is 0.530. The molecule has 0 spiro atoms. The first-order chi connectivity index (χ1) is 7.33. The molecule has 0 aliphatic carbocycles. The summed E-state index contributed by atoms with van der Waals surface area (Å²) in [5, 5.41) is 6.44. The van der Waals surface area contributed by atoms with E-state index in [1.54, 1.807) is 0 Å². The van der Waals surface area contributed by atoms with Crippen LogP contribution in [0.2, 0.25) is 0 Å². The fourth-order valence-corrected chi connectivity index (χ4v) is 1.67. The highest BCUT2D eigenvalue weighted by Gasteiger charge is 2.15. The van der Waals surface area contributed by atoms with E-state index in [0.717, 1.165) is 16.5 Å². The van der Waals surface area contributed by atoms with Crippen LogP contribution in [0, 0.1) is 6.07 Å². The second-order valence-corrected chi connectivity index (χ2v) is 3.42. The fraction of sp³-hybridized carbons (Fsp3) is 0.0909. The van der Waals surface area contributed by atoms with Crippen LogP contribution in [0.5, 0.6) is 0 Å². The molecule has 0 bridgehead atoms. The number of benzene rings is 1. The van der Waals surface area contributed by atoms with Crippen molar-refractivity contribution in [3.8, 4) is 0 Å². The first kappa shape index (κ1) is 8.23. The summed E-state index contributed by atoms with van der Waals surface area (Å²) in [7, 11) is 0. The number of carbonyl (C=O) groups is 1. The smallest absolute Gasteiger partial charge is 0.320 e. The Morgan fingerprint density at radius 1 is 1.47 bits per heavy atom. The normalized spacial score (nSPS) is 14.3. The van der Waals surface area contributed by atoms with Gasteiger partial charge < -0.3 is 5.32 Å². The molecular weight excluding hydrogens is 190 g/mol. The Bertz CT molecular complexity index is 551. The Morgan fingerprint density at radius 3 is 3.33 bits per heavy atom. The van der Waals surface area contributed by atoms with Gasteiger partial charge in [-0.05, 0) is 18.2 Å². The average Bonchev–Trinajstić information content (AvgIpc) is 2.26. The lowest BCUT2D eigenvalue weighted by Gasteiger charge is -2.17. The molecule has 2 N–H and O–H groups in total. The zero-order valence-corrected chi connectivity index (χ0v) is 7.87. The lowest BCUT2D eigenvalue weighted by Crippen LogP contribution is -2.33. The van der Waals surface area contributed by atoms with Crippen molar-refractivity contribution < 1.29 is 4.79 Å². The standard InChI is InChI=1S/C11H8N3O/c15-11-12-6-8-5-7-3-1-2-4-9(7)13-10(8)14-11/h1,3-5H,6H2,(H2,12,13,14,15). The molecule has 73 valence electrons. The lowest BCUT2D eigenvalue weighted by atomic mass is 10.1. The minimum absolute atomic E-state index is 0.200. The number of urea groups is 1. The molecule has 0 unspecified atom stereocenters. The van der Waals surface area contributed by atoms with Gasteiger partial charge in [-0.15, -0.1) is 0 Å². The van der Waals surface area contributed by atoms with E-state index in [2.05, 4.69) is 21.7 Å². The van der Waals surface area contributed by atoms with Crippen LogP contribution < -0.4 is 10.6 Å². The molecule has 2 heterocycles. The van der Waals surface area contributed by atoms with Gasteiger partial charge in [0.1, 0.15) is 5.82 Å². The molecule has 1 radical (unpaired) electrons. The van der Waals surface area contributed by atoms with Crippen LogP contribution in [0.25, 0.3) is 10.9 Å². The molecule has 1 aromatic carbocycles. The minimum atomic E-state index is -0.200. The van der Waals surface area contributed by atoms with Crippen molar-refractivity contribution in [1.29, 1.82) is 0 Å². The van der Waals surface area contributed by atoms with Gasteiger partial charge in [0, 0.05) is 17.5 Å². The number of hydrogen-bond acceptors (Lipinski definition) is 2. The van der Waals surface area contributed by atoms with Crippen LogP contribution in [-0.4, -0.2) is 11.0 Å². The monoisotopic (exact) mass is 198 g/mol. The maximum absolute atomic E-state index is 11.1. The fourth-order valence-electron chi connectivity index (χ4n) is 1.67. The third-order valence-electron chi connectivity index (χ3n) is 2.41. The highest BCUT2D eigenvalue weighted by atomic mass is 16.2. The Morgan fingerprint density at radius 2 is 2.40 bits per heavy atom. The zero-order chi connectivity index (χ0) is 10.3. The molecule has 1 aromatic heterocycles. The number of fused-ring (bicyclic) bond motifs is 2. The minimum Gasteiger partial charge on any atom is -0.334 e. The van der Waals surface area contributed by atoms with Gasteiger partial charge in [-0.25, -0.2) is 9.78 Å². The van der Waals surface area contributed by atoms with E-state index < -0.39 is 0 Å². The summed E-state index contributed by atoms with van der Waals surface area (Å²) in [6, 6.07) is 10.4. The summed E-state index contributed by atoms with van der Waals surface area (Å²) in [6.07, 6.45) is 0. The number of carbonyl (C=O) groups excluding carboxylic acids is 1. The number of amides is 2. The van der Waals surface area contributed by atoms with Crippen LogP contribution in [0.4, 0.5) is 10.6 Å². The molecule has 0 atom stereocenters. The topological polar surface area (TPSA) is 54.0 Å². The van der Waals surface area contributed by atoms with E-state index in [9.17, 15) is 4.79 Å². The molecule has 1 aliphatic heterocycles. The van der Waals surface area contributed by atoms with Crippen molar-refractivity contribution in [3.05, 3.63) is 35.9 Å². The van der Waals surface area contributed by atoms with Crippen molar-refractivity contribution in [2.24, 2.45) is 0 Å².